The number of nitrogens with zero attached hydrogens (tertiary/aromatic N) is 2. The van der Waals surface area contributed by atoms with E-state index in [1.54, 1.807) is 14.0 Å². The van der Waals surface area contributed by atoms with Gasteiger partial charge < -0.3 is 9.47 Å². The van der Waals surface area contributed by atoms with E-state index < -0.39 is 6.23 Å². The van der Waals surface area contributed by atoms with Gasteiger partial charge in [0.05, 0.1) is 18.1 Å². The minimum Gasteiger partial charge on any atom is -0.479 e. The summed E-state index contributed by atoms with van der Waals surface area (Å²) in [6.45, 7) is 5.73. The van der Waals surface area contributed by atoms with Gasteiger partial charge >= 0.3 is 0 Å². The van der Waals surface area contributed by atoms with Gasteiger partial charge in [-0.1, -0.05) is 44.2 Å². The van der Waals surface area contributed by atoms with E-state index in [2.05, 4.69) is 17.1 Å². The van der Waals surface area contributed by atoms with Gasteiger partial charge in [0.1, 0.15) is 11.9 Å². The molecule has 3 N–H and O–H groups in total. The molecule has 0 fully saturated rings. The fraction of sp³-hybridized carbons (Fsp3) is 0.375. The fourth-order valence-corrected chi connectivity index (χ4v) is 3.09. The van der Waals surface area contributed by atoms with Crippen molar-refractivity contribution in [1.29, 1.82) is 5.41 Å². The number of aryl methyl sites for hydroxylation is 1. The maximum absolute atomic E-state index is 7.73. The lowest BCUT2D eigenvalue weighted by atomic mass is 10.0. The first kappa shape index (κ1) is 23.3. The van der Waals surface area contributed by atoms with Gasteiger partial charge in [-0.05, 0) is 49.9 Å². The van der Waals surface area contributed by atoms with E-state index in [-0.39, 0.29) is 5.90 Å². The average Bonchev–Trinajstić information content (AvgIpc) is 2.77. The van der Waals surface area contributed by atoms with Crippen LogP contribution in [-0.4, -0.2) is 29.2 Å². The maximum Gasteiger partial charge on any atom is 0.240 e. The number of rotatable bonds is 8. The zero-order chi connectivity index (χ0) is 21.9. The van der Waals surface area contributed by atoms with Crippen molar-refractivity contribution in [1.82, 2.24) is 9.97 Å². The molecule has 1 unspecified atom stereocenters. The third-order valence-electron chi connectivity index (χ3n) is 4.38. The van der Waals surface area contributed by atoms with Crippen molar-refractivity contribution in [3.8, 4) is 17.1 Å². The van der Waals surface area contributed by atoms with Crippen LogP contribution in [0, 0.1) is 5.41 Å². The molecule has 0 aliphatic rings. The zero-order valence-electron chi connectivity index (χ0n) is 18.3. The van der Waals surface area contributed by atoms with Crippen LogP contribution in [0.25, 0.3) is 22.3 Å². The fourth-order valence-electron chi connectivity index (χ4n) is 3.09. The Bertz CT molecular complexity index is 957. The molecule has 6 heteroatoms. The van der Waals surface area contributed by atoms with Gasteiger partial charge in [0.15, 0.2) is 5.90 Å². The third-order valence-corrected chi connectivity index (χ3v) is 4.38. The minimum absolute atomic E-state index is 0.250. The third kappa shape index (κ3) is 6.52. The van der Waals surface area contributed by atoms with Crippen LogP contribution >= 0.6 is 0 Å². The monoisotopic (exact) mass is 408 g/mol. The molecule has 1 heterocycles. The summed E-state index contributed by atoms with van der Waals surface area (Å²) < 4.78 is 10.7. The van der Waals surface area contributed by atoms with Crippen molar-refractivity contribution in [2.75, 3.05) is 7.11 Å². The molecule has 1 atom stereocenters. The van der Waals surface area contributed by atoms with E-state index in [1.807, 2.05) is 50.2 Å². The summed E-state index contributed by atoms with van der Waals surface area (Å²) >= 11 is 0. The first-order chi connectivity index (χ1) is 14.6. The molecule has 2 aromatic carbocycles. The average molecular weight is 409 g/mol. The number of aromatic nitrogens is 2. The van der Waals surface area contributed by atoms with Crippen molar-refractivity contribution in [3.05, 3.63) is 54.1 Å². The number of nitrogens with one attached hydrogen (secondary N) is 1. The molecular weight excluding hydrogens is 376 g/mol. The van der Waals surface area contributed by atoms with Crippen molar-refractivity contribution in [2.24, 2.45) is 5.73 Å². The van der Waals surface area contributed by atoms with Gasteiger partial charge in [-0.15, -0.1) is 0 Å². The van der Waals surface area contributed by atoms with Crippen LogP contribution in [0.4, 0.5) is 0 Å². The molecule has 0 radical (unpaired) electrons. The summed E-state index contributed by atoms with van der Waals surface area (Å²) in [6, 6.07) is 16.1. The Morgan fingerprint density at radius 1 is 1.03 bits per heavy atom. The molecule has 0 amide bonds. The van der Waals surface area contributed by atoms with Crippen LogP contribution in [0.5, 0.6) is 5.88 Å². The highest BCUT2D eigenvalue weighted by Gasteiger charge is 2.12. The lowest BCUT2D eigenvalue weighted by Gasteiger charge is -2.11. The lowest BCUT2D eigenvalue weighted by Crippen LogP contribution is -2.22. The molecule has 3 rings (SSSR count). The van der Waals surface area contributed by atoms with Crippen LogP contribution in [0.1, 0.15) is 45.6 Å². The number of methoxy groups -OCH3 is 1. The number of hydrogen-bond acceptors (Lipinski definition) is 6. The quantitative estimate of drug-likeness (QED) is 0.227. The number of fused-ring (bicyclic) bond motifs is 1. The highest BCUT2D eigenvalue weighted by Crippen LogP contribution is 2.29. The van der Waals surface area contributed by atoms with Crippen LogP contribution in [0.2, 0.25) is 0 Å². The van der Waals surface area contributed by atoms with Crippen LogP contribution in [-0.2, 0) is 11.2 Å². The largest absolute Gasteiger partial charge is 0.479 e. The summed E-state index contributed by atoms with van der Waals surface area (Å²) in [4.78, 5) is 9.35. The van der Waals surface area contributed by atoms with Crippen molar-refractivity contribution in [3.63, 3.8) is 0 Å². The molecule has 3 aromatic rings. The van der Waals surface area contributed by atoms with Crippen molar-refractivity contribution >= 4 is 16.9 Å². The Labute approximate surface area is 179 Å². The second kappa shape index (κ2) is 11.9. The SMILES string of the molecule is CC.COc1nc2ccccc2nc1-c1cccc(CCCCC(=N)OC(C)N)c1. The predicted molar refractivity (Wildman–Crippen MR) is 123 cm³/mol. The van der Waals surface area contributed by atoms with E-state index in [1.165, 1.54) is 5.56 Å². The van der Waals surface area contributed by atoms with E-state index in [4.69, 9.17) is 25.6 Å². The van der Waals surface area contributed by atoms with Crippen LogP contribution in [0.15, 0.2) is 48.5 Å². The Hall–Kier alpha value is -2.99. The second-order valence-corrected chi connectivity index (χ2v) is 6.72. The number of ether oxygens (including phenoxy) is 2. The Morgan fingerprint density at radius 3 is 2.40 bits per heavy atom. The molecule has 0 aliphatic heterocycles. The van der Waals surface area contributed by atoms with Gasteiger partial charge in [-0.2, -0.15) is 0 Å². The highest BCUT2D eigenvalue weighted by molar-refractivity contribution is 5.79. The first-order valence-electron chi connectivity index (χ1n) is 10.5. The van der Waals surface area contributed by atoms with Gasteiger partial charge in [0.2, 0.25) is 5.88 Å². The van der Waals surface area contributed by atoms with E-state index in [9.17, 15) is 0 Å². The normalized spacial score (nSPS) is 11.4. The smallest absolute Gasteiger partial charge is 0.240 e. The Kier molecular flexibility index (Phi) is 9.22. The van der Waals surface area contributed by atoms with Crippen molar-refractivity contribution in [2.45, 2.75) is 52.7 Å². The Balaban J connectivity index is 0.00000155. The van der Waals surface area contributed by atoms with Gasteiger partial charge in [0.25, 0.3) is 0 Å². The summed E-state index contributed by atoms with van der Waals surface area (Å²) in [5, 5.41) is 7.73. The summed E-state index contributed by atoms with van der Waals surface area (Å²) in [5.74, 6) is 0.775. The highest BCUT2D eigenvalue weighted by atomic mass is 16.5. The van der Waals surface area contributed by atoms with E-state index in [0.717, 1.165) is 41.6 Å². The second-order valence-electron chi connectivity index (χ2n) is 6.72. The van der Waals surface area contributed by atoms with Crippen LogP contribution in [0.3, 0.4) is 0 Å². The van der Waals surface area contributed by atoms with Gasteiger partial charge in [0, 0.05) is 12.0 Å². The molecule has 0 saturated carbocycles. The first-order valence-corrected chi connectivity index (χ1v) is 10.5. The predicted octanol–water partition coefficient (Wildman–Crippen LogP) is 5.34. The molecule has 30 heavy (non-hydrogen) atoms. The van der Waals surface area contributed by atoms with Gasteiger partial charge in [-0.3, -0.25) is 11.1 Å². The Morgan fingerprint density at radius 2 is 1.73 bits per heavy atom. The summed E-state index contributed by atoms with van der Waals surface area (Å²) in [7, 11) is 1.62. The lowest BCUT2D eigenvalue weighted by molar-refractivity contribution is 0.206. The maximum atomic E-state index is 7.73. The molecular formula is C24H32N4O2. The molecule has 1 aromatic heterocycles. The molecule has 160 valence electrons. The minimum atomic E-state index is -0.428. The summed E-state index contributed by atoms with van der Waals surface area (Å²) in [5.41, 5.74) is 10.1. The number of benzene rings is 2. The molecule has 6 nitrogen and oxygen atoms in total. The standard InChI is InChI=1S/C22H26N4O2.C2H6/c1-15(23)28-20(24)13-6-3-8-16-9-7-10-17(14-16)21-22(27-2)26-19-12-5-4-11-18(19)25-21;1-2/h4-5,7,9-12,14-15,24H,3,6,8,13,23H2,1-2H3;1-2H3. The van der Waals surface area contributed by atoms with E-state index >= 15 is 0 Å². The molecule has 0 saturated heterocycles. The molecule has 0 spiro atoms. The number of unbranched alkanes of at least 4 members (excludes halogenated alkanes) is 1. The zero-order valence-corrected chi connectivity index (χ0v) is 18.3. The van der Waals surface area contributed by atoms with Crippen molar-refractivity contribution < 1.29 is 9.47 Å². The summed E-state index contributed by atoms with van der Waals surface area (Å²) in [6.07, 6.45) is 2.94. The molecule has 0 aliphatic carbocycles. The topological polar surface area (TPSA) is 94.1 Å². The van der Waals surface area contributed by atoms with Gasteiger partial charge in [-0.25, -0.2) is 9.97 Å². The number of para-hydroxylation sites is 2. The number of hydrogen-bond donors (Lipinski definition) is 2. The molecule has 0 bridgehead atoms. The van der Waals surface area contributed by atoms with Crippen LogP contribution < -0.4 is 10.5 Å². The number of nitrogens with two attached hydrogens (primary N) is 1. The van der Waals surface area contributed by atoms with E-state index in [0.29, 0.717) is 12.3 Å².